The molecule has 2 nitrogen and oxygen atoms in total. The van der Waals surface area contributed by atoms with E-state index in [2.05, 4.69) is 21.2 Å². The van der Waals surface area contributed by atoms with Crippen molar-refractivity contribution in [1.82, 2.24) is 5.32 Å². The minimum absolute atomic E-state index is 0.0347. The Bertz CT molecular complexity index is 540. The molecule has 0 bridgehead atoms. The number of nitrogens with zero attached hydrogens (tertiary/aromatic N) is 1. The molecule has 1 aliphatic rings. The summed E-state index contributed by atoms with van der Waals surface area (Å²) in [6, 6.07) is 6.02. The molecule has 0 saturated heterocycles. The second kappa shape index (κ2) is 6.40. The molecule has 1 aromatic carbocycles. The van der Waals surface area contributed by atoms with E-state index >= 15 is 0 Å². The van der Waals surface area contributed by atoms with Gasteiger partial charge in [0.1, 0.15) is 0 Å². The number of halogens is 4. The van der Waals surface area contributed by atoms with Gasteiger partial charge in [-0.15, -0.1) is 0 Å². The monoisotopic (exact) mass is 362 g/mol. The molecule has 0 fully saturated rings. The first kappa shape index (κ1) is 16.4. The molecule has 0 aliphatic carbocycles. The van der Waals surface area contributed by atoms with Crippen LogP contribution in [0.25, 0.3) is 0 Å². The maximum absolute atomic E-state index is 12.7. The van der Waals surface area contributed by atoms with Crippen LogP contribution in [-0.2, 0) is 0 Å². The van der Waals surface area contributed by atoms with Crippen molar-refractivity contribution in [3.63, 3.8) is 0 Å². The molecule has 0 radical (unpaired) electrons. The highest BCUT2D eigenvalue weighted by Crippen LogP contribution is 2.34. The fraction of sp³-hybridized carbons (Fsp3) is 0.467. The number of hydrogen-bond donors (Lipinski definition) is 1. The number of rotatable bonds is 3. The Labute approximate surface area is 131 Å². The van der Waals surface area contributed by atoms with E-state index in [1.165, 1.54) is 6.08 Å². The predicted octanol–water partition coefficient (Wildman–Crippen LogP) is 4.43. The number of hydrogen-bond acceptors (Lipinski definition) is 2. The van der Waals surface area contributed by atoms with Gasteiger partial charge >= 0.3 is 6.18 Å². The first-order valence-electron chi connectivity index (χ1n) is 6.81. The maximum Gasteiger partial charge on any atom is 0.412 e. The third-order valence-corrected chi connectivity index (χ3v) is 4.30. The highest BCUT2D eigenvalue weighted by Gasteiger charge is 2.35. The summed E-state index contributed by atoms with van der Waals surface area (Å²) in [5.41, 5.74) is 1.65. The van der Waals surface area contributed by atoms with Crippen LogP contribution in [0.2, 0.25) is 0 Å². The molecule has 116 valence electrons. The van der Waals surface area contributed by atoms with Crippen molar-refractivity contribution in [2.24, 2.45) is 0 Å². The van der Waals surface area contributed by atoms with Crippen molar-refractivity contribution in [2.45, 2.75) is 25.6 Å². The van der Waals surface area contributed by atoms with Gasteiger partial charge in [0.25, 0.3) is 0 Å². The van der Waals surface area contributed by atoms with Crippen LogP contribution in [0.1, 0.15) is 24.9 Å². The van der Waals surface area contributed by atoms with E-state index in [1.807, 2.05) is 37.1 Å². The van der Waals surface area contributed by atoms with E-state index in [0.29, 0.717) is 13.1 Å². The van der Waals surface area contributed by atoms with E-state index in [1.54, 1.807) is 0 Å². The Hall–Kier alpha value is -1.01. The summed E-state index contributed by atoms with van der Waals surface area (Å²) in [5, 5.41) is 3.18. The van der Waals surface area contributed by atoms with E-state index in [9.17, 15) is 13.2 Å². The van der Waals surface area contributed by atoms with Crippen molar-refractivity contribution >= 4 is 21.6 Å². The Balaban J connectivity index is 2.26. The molecule has 6 heteroatoms. The van der Waals surface area contributed by atoms with Crippen LogP contribution in [0.5, 0.6) is 0 Å². The highest BCUT2D eigenvalue weighted by molar-refractivity contribution is 9.10. The van der Waals surface area contributed by atoms with Crippen molar-refractivity contribution in [2.75, 3.05) is 25.0 Å². The molecule has 21 heavy (non-hydrogen) atoms. The zero-order chi connectivity index (χ0) is 15.6. The molecule has 1 heterocycles. The first-order chi connectivity index (χ1) is 9.82. The standard InChI is InChI=1S/C15H18BrF3N2/c1-10(20-2)13-9-12(16)3-4-14(13)21-7-5-11(6-8-21)15(17,18)19/h3-5,9-10,20H,6-8H2,1-2H3. The fourth-order valence-electron chi connectivity index (χ4n) is 2.46. The van der Waals surface area contributed by atoms with Crippen molar-refractivity contribution < 1.29 is 13.2 Å². The van der Waals surface area contributed by atoms with Gasteiger partial charge in [-0.1, -0.05) is 22.0 Å². The average Bonchev–Trinajstić information content (AvgIpc) is 2.45. The third kappa shape index (κ3) is 3.80. The van der Waals surface area contributed by atoms with E-state index in [-0.39, 0.29) is 12.5 Å². The Morgan fingerprint density at radius 3 is 2.57 bits per heavy atom. The second-order valence-corrected chi connectivity index (χ2v) is 6.05. The van der Waals surface area contributed by atoms with Crippen LogP contribution < -0.4 is 10.2 Å². The summed E-state index contributed by atoms with van der Waals surface area (Å²) < 4.78 is 39.0. The van der Waals surface area contributed by atoms with Gasteiger partial charge in [-0.25, -0.2) is 0 Å². The van der Waals surface area contributed by atoms with Gasteiger partial charge in [0.2, 0.25) is 0 Å². The molecule has 1 aromatic rings. The smallest absolute Gasteiger partial charge is 0.367 e. The minimum atomic E-state index is -4.20. The van der Waals surface area contributed by atoms with Gasteiger partial charge in [0, 0.05) is 34.9 Å². The largest absolute Gasteiger partial charge is 0.412 e. The Kier molecular flexibility index (Phi) is 4.99. The molecule has 0 amide bonds. The van der Waals surface area contributed by atoms with Crippen LogP contribution >= 0.6 is 15.9 Å². The van der Waals surface area contributed by atoms with E-state index in [0.717, 1.165) is 15.7 Å². The van der Waals surface area contributed by atoms with Gasteiger partial charge in [-0.2, -0.15) is 13.2 Å². The minimum Gasteiger partial charge on any atom is -0.367 e. The number of anilines is 1. The van der Waals surface area contributed by atoms with Crippen LogP contribution in [0.3, 0.4) is 0 Å². The second-order valence-electron chi connectivity index (χ2n) is 5.14. The molecular weight excluding hydrogens is 345 g/mol. The van der Waals surface area contributed by atoms with Gasteiger partial charge in [-0.05, 0) is 44.2 Å². The molecule has 1 N–H and O–H groups in total. The zero-order valence-corrected chi connectivity index (χ0v) is 13.6. The number of alkyl halides is 3. The lowest BCUT2D eigenvalue weighted by molar-refractivity contribution is -0.0943. The van der Waals surface area contributed by atoms with Gasteiger partial charge < -0.3 is 10.2 Å². The van der Waals surface area contributed by atoms with Gasteiger partial charge in [-0.3, -0.25) is 0 Å². The van der Waals surface area contributed by atoms with Gasteiger partial charge in [0.05, 0.1) is 0 Å². The summed E-state index contributed by atoms with van der Waals surface area (Å²) >= 11 is 3.45. The Morgan fingerprint density at radius 2 is 2.05 bits per heavy atom. The third-order valence-electron chi connectivity index (χ3n) is 3.80. The van der Waals surface area contributed by atoms with E-state index in [4.69, 9.17) is 0 Å². The normalized spacial score (nSPS) is 17.6. The molecule has 1 aliphatic heterocycles. The van der Waals surface area contributed by atoms with Crippen molar-refractivity contribution in [3.05, 3.63) is 39.9 Å². The summed E-state index contributed by atoms with van der Waals surface area (Å²) in [6.45, 7) is 2.71. The highest BCUT2D eigenvalue weighted by atomic mass is 79.9. The quantitative estimate of drug-likeness (QED) is 0.800. The molecule has 2 rings (SSSR count). The van der Waals surface area contributed by atoms with Crippen LogP contribution in [-0.4, -0.2) is 26.3 Å². The van der Waals surface area contributed by atoms with Crippen LogP contribution in [0, 0.1) is 0 Å². The fourth-order valence-corrected chi connectivity index (χ4v) is 2.84. The first-order valence-corrected chi connectivity index (χ1v) is 7.60. The maximum atomic E-state index is 12.7. The SMILES string of the molecule is CNC(C)c1cc(Br)ccc1N1CC=C(C(F)(F)F)CC1. The molecule has 1 unspecified atom stereocenters. The van der Waals surface area contributed by atoms with Crippen molar-refractivity contribution in [1.29, 1.82) is 0 Å². The molecule has 0 aromatic heterocycles. The Morgan fingerprint density at radius 1 is 1.33 bits per heavy atom. The summed E-state index contributed by atoms with van der Waals surface area (Å²) in [6.07, 6.45) is -2.88. The number of benzene rings is 1. The molecular formula is C15H18BrF3N2. The molecule has 0 saturated carbocycles. The number of nitrogens with one attached hydrogen (secondary N) is 1. The van der Waals surface area contributed by atoms with Crippen molar-refractivity contribution in [3.8, 4) is 0 Å². The van der Waals surface area contributed by atoms with Gasteiger partial charge in [0.15, 0.2) is 0 Å². The summed E-state index contributed by atoms with van der Waals surface area (Å²) in [5.74, 6) is 0. The summed E-state index contributed by atoms with van der Waals surface area (Å²) in [4.78, 5) is 1.99. The lowest BCUT2D eigenvalue weighted by atomic mass is 10.0. The average molecular weight is 363 g/mol. The lowest BCUT2D eigenvalue weighted by Gasteiger charge is -2.32. The van der Waals surface area contributed by atoms with E-state index < -0.39 is 11.7 Å². The van der Waals surface area contributed by atoms with Crippen LogP contribution in [0.15, 0.2) is 34.3 Å². The molecule has 0 spiro atoms. The van der Waals surface area contributed by atoms with Crippen LogP contribution in [0.4, 0.5) is 18.9 Å². The topological polar surface area (TPSA) is 15.3 Å². The molecule has 1 atom stereocenters. The zero-order valence-electron chi connectivity index (χ0n) is 12.0. The lowest BCUT2D eigenvalue weighted by Crippen LogP contribution is -2.33. The summed E-state index contributed by atoms with van der Waals surface area (Å²) in [7, 11) is 1.87. The predicted molar refractivity (Wildman–Crippen MR) is 82.6 cm³/mol.